The average molecular weight is 399 g/mol. The summed E-state index contributed by atoms with van der Waals surface area (Å²) in [4.78, 5) is 10.3. The van der Waals surface area contributed by atoms with Crippen molar-refractivity contribution in [1.29, 1.82) is 0 Å². The molecule has 0 aliphatic heterocycles. The Balaban J connectivity index is 2.19. The molecule has 2 aromatic heterocycles. The van der Waals surface area contributed by atoms with Gasteiger partial charge < -0.3 is 0 Å². The topological polar surface area (TPSA) is 111 Å². The van der Waals surface area contributed by atoms with Crippen molar-refractivity contribution >= 4 is 10.1 Å². The summed E-state index contributed by atoms with van der Waals surface area (Å²) in [6, 6.07) is 4.94. The van der Waals surface area contributed by atoms with E-state index in [0.717, 1.165) is 28.2 Å². The summed E-state index contributed by atoms with van der Waals surface area (Å²) >= 11 is 0. The minimum absolute atomic E-state index is 0.162. The van der Waals surface area contributed by atoms with Gasteiger partial charge in [0.2, 0.25) is 0 Å². The van der Waals surface area contributed by atoms with Crippen molar-refractivity contribution in [2.75, 3.05) is 0 Å². The quantitative estimate of drug-likeness (QED) is 0.674. The van der Waals surface area contributed by atoms with Crippen LogP contribution < -0.4 is 0 Å². The van der Waals surface area contributed by atoms with Crippen molar-refractivity contribution < 1.29 is 26.1 Å². The number of hydrogen-bond donors (Lipinski definition) is 1. The molecule has 0 unspecified atom stereocenters. The maximum atomic E-state index is 13.1. The van der Waals surface area contributed by atoms with Crippen LogP contribution in [-0.2, 0) is 16.3 Å². The molecular formula is C15H12F3N5O3S. The SMILES string of the molecule is Cc1ccc(-c2nc(C(F)(F)F)nn2-c2ncc(S(=O)(=O)O)cn2)cc1C. The Bertz CT molecular complexity index is 1110. The molecule has 0 aliphatic rings. The van der Waals surface area contributed by atoms with Crippen LogP contribution >= 0.6 is 0 Å². The molecule has 0 spiro atoms. The fraction of sp³-hybridized carbons (Fsp3) is 0.200. The van der Waals surface area contributed by atoms with E-state index in [9.17, 15) is 21.6 Å². The summed E-state index contributed by atoms with van der Waals surface area (Å²) < 4.78 is 71.1. The van der Waals surface area contributed by atoms with E-state index >= 15 is 0 Å². The van der Waals surface area contributed by atoms with Gasteiger partial charge in [0.15, 0.2) is 5.82 Å². The molecule has 0 saturated heterocycles. The Morgan fingerprint density at radius 2 is 1.70 bits per heavy atom. The van der Waals surface area contributed by atoms with E-state index < -0.39 is 27.0 Å². The van der Waals surface area contributed by atoms with Gasteiger partial charge in [0.05, 0.1) is 12.4 Å². The lowest BCUT2D eigenvalue weighted by atomic mass is 10.1. The summed E-state index contributed by atoms with van der Waals surface area (Å²) in [6.45, 7) is 3.64. The highest BCUT2D eigenvalue weighted by molar-refractivity contribution is 7.85. The second kappa shape index (κ2) is 6.39. The van der Waals surface area contributed by atoms with E-state index in [0.29, 0.717) is 5.56 Å². The van der Waals surface area contributed by atoms with Crippen LogP contribution in [0, 0.1) is 13.8 Å². The average Bonchev–Trinajstić information content (AvgIpc) is 3.02. The lowest BCUT2D eigenvalue weighted by Gasteiger charge is -2.06. The van der Waals surface area contributed by atoms with Gasteiger partial charge in [-0.3, -0.25) is 4.55 Å². The molecule has 3 aromatic rings. The third kappa shape index (κ3) is 3.80. The molecule has 0 saturated carbocycles. The zero-order valence-electron chi connectivity index (χ0n) is 13.9. The predicted molar refractivity (Wildman–Crippen MR) is 86.7 cm³/mol. The predicted octanol–water partition coefficient (Wildman–Crippen LogP) is 2.61. The van der Waals surface area contributed by atoms with Gasteiger partial charge in [-0.1, -0.05) is 12.1 Å². The van der Waals surface area contributed by atoms with Gasteiger partial charge in [-0.05, 0) is 31.0 Å². The standard InChI is InChI=1S/C15H12F3N5O3S/c1-8-3-4-10(5-9(8)2)12-21-13(15(16,17)18)22-23(12)14-19-6-11(7-20-14)27(24,25)26/h3-7H,1-2H3,(H,24,25,26). The Kier molecular flexibility index (Phi) is 4.48. The third-order valence-electron chi connectivity index (χ3n) is 3.73. The van der Waals surface area contributed by atoms with Crippen LogP contribution in [0.4, 0.5) is 13.2 Å². The lowest BCUT2D eigenvalue weighted by Crippen LogP contribution is -2.10. The van der Waals surface area contributed by atoms with Crippen LogP contribution in [0.2, 0.25) is 0 Å². The normalized spacial score (nSPS) is 12.4. The smallest absolute Gasteiger partial charge is 0.282 e. The van der Waals surface area contributed by atoms with Crippen molar-refractivity contribution in [2.24, 2.45) is 0 Å². The molecule has 8 nitrogen and oxygen atoms in total. The summed E-state index contributed by atoms with van der Waals surface area (Å²) in [7, 11) is -4.54. The van der Waals surface area contributed by atoms with E-state index in [1.165, 1.54) is 0 Å². The molecule has 1 N–H and O–H groups in total. The monoisotopic (exact) mass is 399 g/mol. The third-order valence-corrected chi connectivity index (χ3v) is 4.53. The maximum absolute atomic E-state index is 13.1. The van der Waals surface area contributed by atoms with Crippen LogP contribution in [0.5, 0.6) is 0 Å². The number of alkyl halides is 3. The van der Waals surface area contributed by atoms with Gasteiger partial charge in [0, 0.05) is 5.56 Å². The van der Waals surface area contributed by atoms with Gasteiger partial charge in [-0.15, -0.1) is 5.10 Å². The van der Waals surface area contributed by atoms with E-state index in [1.54, 1.807) is 25.1 Å². The highest BCUT2D eigenvalue weighted by Crippen LogP contribution is 2.30. The summed E-state index contributed by atoms with van der Waals surface area (Å²) in [5, 5.41) is 3.42. The zero-order chi connectivity index (χ0) is 20.0. The lowest BCUT2D eigenvalue weighted by molar-refractivity contribution is -0.144. The zero-order valence-corrected chi connectivity index (χ0v) is 14.7. The molecule has 0 radical (unpaired) electrons. The highest BCUT2D eigenvalue weighted by Gasteiger charge is 2.37. The molecule has 142 valence electrons. The molecule has 3 rings (SSSR count). The van der Waals surface area contributed by atoms with Crippen molar-refractivity contribution in [3.05, 3.63) is 47.5 Å². The van der Waals surface area contributed by atoms with Crippen LogP contribution in [0.1, 0.15) is 17.0 Å². The first-order valence-electron chi connectivity index (χ1n) is 7.38. The van der Waals surface area contributed by atoms with E-state index in [1.807, 2.05) is 6.92 Å². The molecule has 2 heterocycles. The number of aromatic nitrogens is 5. The molecule has 27 heavy (non-hydrogen) atoms. The number of benzene rings is 1. The molecule has 0 fully saturated rings. The van der Waals surface area contributed by atoms with Gasteiger partial charge in [-0.25, -0.2) is 15.0 Å². The van der Waals surface area contributed by atoms with E-state index in [-0.39, 0.29) is 11.8 Å². The van der Waals surface area contributed by atoms with Crippen molar-refractivity contribution in [3.63, 3.8) is 0 Å². The maximum Gasteiger partial charge on any atom is 0.453 e. The molecule has 1 aromatic carbocycles. The fourth-order valence-electron chi connectivity index (χ4n) is 2.19. The number of rotatable bonds is 3. The molecule has 0 atom stereocenters. The second-order valence-corrected chi connectivity index (χ2v) is 7.08. The molecule has 12 heteroatoms. The number of nitrogens with zero attached hydrogens (tertiary/aromatic N) is 5. The summed E-state index contributed by atoms with van der Waals surface area (Å²) in [5.41, 5.74) is 2.12. The van der Waals surface area contributed by atoms with Crippen molar-refractivity contribution in [3.8, 4) is 17.3 Å². The number of aryl methyl sites for hydroxylation is 2. The Morgan fingerprint density at radius 1 is 1.07 bits per heavy atom. The highest BCUT2D eigenvalue weighted by atomic mass is 32.2. The van der Waals surface area contributed by atoms with Crippen LogP contribution in [-0.4, -0.2) is 37.7 Å². The first-order valence-corrected chi connectivity index (χ1v) is 8.82. The van der Waals surface area contributed by atoms with Gasteiger partial charge in [0.1, 0.15) is 4.90 Å². The summed E-state index contributed by atoms with van der Waals surface area (Å²) in [6.07, 6.45) is -3.28. The Morgan fingerprint density at radius 3 is 2.22 bits per heavy atom. The van der Waals surface area contributed by atoms with Gasteiger partial charge >= 0.3 is 6.18 Å². The first kappa shape index (κ1) is 18.9. The van der Waals surface area contributed by atoms with Crippen LogP contribution in [0.3, 0.4) is 0 Å². The minimum Gasteiger partial charge on any atom is -0.282 e. The van der Waals surface area contributed by atoms with Crippen molar-refractivity contribution in [2.45, 2.75) is 24.9 Å². The number of halogens is 3. The Labute approximate surface area is 151 Å². The fourth-order valence-corrected chi connectivity index (χ4v) is 2.56. The molecule has 0 amide bonds. The second-order valence-electron chi connectivity index (χ2n) is 5.66. The van der Waals surface area contributed by atoms with Gasteiger partial charge in [-0.2, -0.15) is 26.3 Å². The molecule has 0 bridgehead atoms. The van der Waals surface area contributed by atoms with Crippen LogP contribution in [0.15, 0.2) is 35.5 Å². The molecule has 0 aliphatic carbocycles. The van der Waals surface area contributed by atoms with E-state index in [2.05, 4.69) is 20.1 Å². The van der Waals surface area contributed by atoms with Crippen molar-refractivity contribution in [1.82, 2.24) is 24.7 Å². The Hall–Kier alpha value is -2.86. The summed E-state index contributed by atoms with van der Waals surface area (Å²) in [5.74, 6) is -1.89. The first-order chi connectivity index (χ1) is 12.5. The number of hydrogen-bond acceptors (Lipinski definition) is 6. The van der Waals surface area contributed by atoms with E-state index in [4.69, 9.17) is 4.55 Å². The van der Waals surface area contributed by atoms with Gasteiger partial charge in [0.25, 0.3) is 21.9 Å². The minimum atomic E-state index is -4.80. The largest absolute Gasteiger partial charge is 0.453 e. The molecular weight excluding hydrogens is 387 g/mol. The van der Waals surface area contributed by atoms with Crippen LogP contribution in [0.25, 0.3) is 17.3 Å².